The second-order valence-corrected chi connectivity index (χ2v) is 5.84. The second-order valence-electron chi connectivity index (χ2n) is 5.84. The van der Waals surface area contributed by atoms with Crippen LogP contribution in [0.4, 0.5) is 0 Å². The van der Waals surface area contributed by atoms with Crippen molar-refractivity contribution in [3.05, 3.63) is 35.4 Å². The molecule has 2 rings (SSSR count). The maximum Gasteiger partial charge on any atom is 0.227 e. The van der Waals surface area contributed by atoms with Crippen LogP contribution in [0.2, 0.25) is 0 Å². The van der Waals surface area contributed by atoms with Crippen molar-refractivity contribution in [3.8, 4) is 0 Å². The Morgan fingerprint density at radius 2 is 2.20 bits per heavy atom. The van der Waals surface area contributed by atoms with Gasteiger partial charge in [0.25, 0.3) is 0 Å². The third-order valence-electron chi connectivity index (χ3n) is 4.42. The first-order chi connectivity index (χ1) is 9.65. The summed E-state index contributed by atoms with van der Waals surface area (Å²) in [4.78, 5) is 14.6. The zero-order valence-electron chi connectivity index (χ0n) is 12.6. The van der Waals surface area contributed by atoms with Gasteiger partial charge in [-0.1, -0.05) is 36.2 Å². The Bertz CT molecular complexity index is 458. The molecular formula is C17H26N2O. The Morgan fingerprint density at radius 3 is 2.85 bits per heavy atom. The lowest BCUT2D eigenvalue weighted by atomic mass is 10.0. The molecule has 0 aliphatic heterocycles. The Morgan fingerprint density at radius 1 is 1.40 bits per heavy atom. The number of nitrogens with zero attached hydrogens (tertiary/aromatic N) is 1. The first-order valence-electron chi connectivity index (χ1n) is 7.70. The Hall–Kier alpha value is -1.35. The molecule has 1 fully saturated rings. The predicted molar refractivity (Wildman–Crippen MR) is 82.5 cm³/mol. The monoisotopic (exact) mass is 274 g/mol. The highest BCUT2D eigenvalue weighted by molar-refractivity contribution is 5.79. The Kier molecular flexibility index (Phi) is 5.18. The van der Waals surface area contributed by atoms with Crippen LogP contribution in [0.15, 0.2) is 24.3 Å². The van der Waals surface area contributed by atoms with Crippen LogP contribution in [0.3, 0.4) is 0 Å². The molecule has 3 heteroatoms. The molecule has 0 aromatic heterocycles. The van der Waals surface area contributed by atoms with Gasteiger partial charge < -0.3 is 10.6 Å². The van der Waals surface area contributed by atoms with E-state index in [-0.39, 0.29) is 5.91 Å². The third-order valence-corrected chi connectivity index (χ3v) is 4.42. The smallest absolute Gasteiger partial charge is 0.227 e. The van der Waals surface area contributed by atoms with E-state index in [1.54, 1.807) is 0 Å². The van der Waals surface area contributed by atoms with E-state index in [1.165, 1.54) is 12.0 Å². The summed E-state index contributed by atoms with van der Waals surface area (Å²) in [6, 6.07) is 8.57. The number of amides is 1. The highest BCUT2D eigenvalue weighted by Gasteiger charge is 2.32. The maximum absolute atomic E-state index is 12.6. The number of nitrogens with two attached hydrogens (primary N) is 1. The fourth-order valence-electron chi connectivity index (χ4n) is 3.40. The summed E-state index contributed by atoms with van der Waals surface area (Å²) in [5.41, 5.74) is 8.17. The molecule has 110 valence electrons. The number of hydrogen-bond acceptors (Lipinski definition) is 2. The summed E-state index contributed by atoms with van der Waals surface area (Å²) in [5, 5.41) is 0. The van der Waals surface area contributed by atoms with Crippen LogP contribution in [0.5, 0.6) is 0 Å². The van der Waals surface area contributed by atoms with Gasteiger partial charge in [-0.15, -0.1) is 0 Å². The van der Waals surface area contributed by atoms with Gasteiger partial charge >= 0.3 is 0 Å². The van der Waals surface area contributed by atoms with Crippen LogP contribution in [0, 0.1) is 12.8 Å². The minimum absolute atomic E-state index is 0.239. The summed E-state index contributed by atoms with van der Waals surface area (Å²) in [6.07, 6.45) is 3.97. The van der Waals surface area contributed by atoms with Crippen molar-refractivity contribution in [2.24, 2.45) is 11.7 Å². The molecule has 0 radical (unpaired) electrons. The van der Waals surface area contributed by atoms with E-state index >= 15 is 0 Å². The fraction of sp³-hybridized carbons (Fsp3) is 0.588. The quantitative estimate of drug-likeness (QED) is 0.896. The number of rotatable bonds is 5. The summed E-state index contributed by atoms with van der Waals surface area (Å²) >= 11 is 0. The standard InChI is InChI=1S/C17H26N2O/c1-3-19(16-9-5-8-15(16)12-18)17(20)11-14-7-4-6-13(2)10-14/h4,6-7,10,15-16H,3,5,8-9,11-12,18H2,1-2H3. The molecular weight excluding hydrogens is 248 g/mol. The first-order valence-corrected chi connectivity index (χ1v) is 7.70. The topological polar surface area (TPSA) is 46.3 Å². The zero-order valence-corrected chi connectivity index (χ0v) is 12.6. The van der Waals surface area contributed by atoms with Gasteiger partial charge in [0.1, 0.15) is 0 Å². The first kappa shape index (κ1) is 15.0. The van der Waals surface area contributed by atoms with E-state index in [1.807, 2.05) is 17.0 Å². The summed E-state index contributed by atoms with van der Waals surface area (Å²) in [5.74, 6) is 0.722. The average molecular weight is 274 g/mol. The van der Waals surface area contributed by atoms with Gasteiger partial charge in [0.05, 0.1) is 6.42 Å². The normalized spacial score (nSPS) is 21.9. The summed E-state index contributed by atoms with van der Waals surface area (Å²) in [6.45, 7) is 5.61. The molecule has 0 spiro atoms. The molecule has 1 aromatic carbocycles. The third kappa shape index (κ3) is 3.40. The largest absolute Gasteiger partial charge is 0.339 e. The lowest BCUT2D eigenvalue weighted by Crippen LogP contribution is -2.44. The van der Waals surface area contributed by atoms with E-state index in [0.717, 1.165) is 24.9 Å². The van der Waals surface area contributed by atoms with E-state index in [0.29, 0.717) is 24.9 Å². The Balaban J connectivity index is 2.05. The predicted octanol–water partition coefficient (Wildman–Crippen LogP) is 2.51. The van der Waals surface area contributed by atoms with E-state index in [2.05, 4.69) is 26.0 Å². The van der Waals surface area contributed by atoms with Crippen molar-refractivity contribution >= 4 is 5.91 Å². The molecule has 0 saturated heterocycles. The SMILES string of the molecule is CCN(C(=O)Cc1cccc(C)c1)C1CCCC1CN. The molecule has 1 saturated carbocycles. The highest BCUT2D eigenvalue weighted by atomic mass is 16.2. The molecule has 2 unspecified atom stereocenters. The summed E-state index contributed by atoms with van der Waals surface area (Å²) in [7, 11) is 0. The van der Waals surface area contributed by atoms with Crippen LogP contribution in [-0.2, 0) is 11.2 Å². The molecule has 2 N–H and O–H groups in total. The van der Waals surface area contributed by atoms with Crippen molar-refractivity contribution in [1.29, 1.82) is 0 Å². The van der Waals surface area contributed by atoms with Gasteiger partial charge in [-0.3, -0.25) is 4.79 Å². The molecule has 1 aliphatic carbocycles. The van der Waals surface area contributed by atoms with Crippen molar-refractivity contribution in [2.75, 3.05) is 13.1 Å². The van der Waals surface area contributed by atoms with Gasteiger partial charge in [0.15, 0.2) is 0 Å². The number of benzene rings is 1. The minimum atomic E-state index is 0.239. The molecule has 1 aromatic rings. The van der Waals surface area contributed by atoms with Gasteiger partial charge in [0.2, 0.25) is 5.91 Å². The van der Waals surface area contributed by atoms with Gasteiger partial charge in [-0.2, -0.15) is 0 Å². The molecule has 0 bridgehead atoms. The van der Waals surface area contributed by atoms with Crippen molar-refractivity contribution in [1.82, 2.24) is 4.90 Å². The lowest BCUT2D eigenvalue weighted by molar-refractivity contribution is -0.133. The molecule has 2 atom stereocenters. The van der Waals surface area contributed by atoms with Crippen molar-refractivity contribution in [3.63, 3.8) is 0 Å². The van der Waals surface area contributed by atoms with Crippen molar-refractivity contribution in [2.45, 2.75) is 45.6 Å². The van der Waals surface area contributed by atoms with Gasteiger partial charge in [0, 0.05) is 12.6 Å². The van der Waals surface area contributed by atoms with Gasteiger partial charge in [-0.25, -0.2) is 0 Å². The highest BCUT2D eigenvalue weighted by Crippen LogP contribution is 2.29. The second kappa shape index (κ2) is 6.89. The van der Waals surface area contributed by atoms with E-state index in [9.17, 15) is 4.79 Å². The zero-order chi connectivity index (χ0) is 14.5. The van der Waals surface area contributed by atoms with Crippen LogP contribution in [0.1, 0.15) is 37.3 Å². The molecule has 1 aliphatic rings. The van der Waals surface area contributed by atoms with Gasteiger partial charge in [-0.05, 0) is 44.7 Å². The maximum atomic E-state index is 12.6. The number of carbonyl (C=O) groups excluding carboxylic acids is 1. The van der Waals surface area contributed by atoms with E-state index < -0.39 is 0 Å². The number of hydrogen-bond donors (Lipinski definition) is 1. The number of carbonyl (C=O) groups is 1. The van der Waals surface area contributed by atoms with Crippen LogP contribution in [-0.4, -0.2) is 29.9 Å². The molecule has 20 heavy (non-hydrogen) atoms. The van der Waals surface area contributed by atoms with Crippen LogP contribution >= 0.6 is 0 Å². The average Bonchev–Trinajstić information content (AvgIpc) is 2.88. The minimum Gasteiger partial charge on any atom is -0.339 e. The molecule has 1 amide bonds. The Labute approximate surface area is 122 Å². The van der Waals surface area contributed by atoms with Crippen molar-refractivity contribution < 1.29 is 4.79 Å². The molecule has 3 nitrogen and oxygen atoms in total. The van der Waals surface area contributed by atoms with E-state index in [4.69, 9.17) is 5.73 Å². The fourth-order valence-corrected chi connectivity index (χ4v) is 3.40. The number of likely N-dealkylation sites (N-methyl/N-ethyl adjacent to an activating group) is 1. The molecule has 0 heterocycles. The van der Waals surface area contributed by atoms with Crippen LogP contribution in [0.25, 0.3) is 0 Å². The van der Waals surface area contributed by atoms with Crippen LogP contribution < -0.4 is 5.73 Å². The summed E-state index contributed by atoms with van der Waals surface area (Å²) < 4.78 is 0. The lowest BCUT2D eigenvalue weighted by Gasteiger charge is -2.32. The number of aryl methyl sites for hydroxylation is 1.